The second-order valence-electron chi connectivity index (χ2n) is 8.62. The lowest BCUT2D eigenvalue weighted by Crippen LogP contribution is -2.38. The van der Waals surface area contributed by atoms with Crippen molar-refractivity contribution >= 4 is 40.5 Å². The van der Waals surface area contributed by atoms with Gasteiger partial charge >= 0.3 is 0 Å². The van der Waals surface area contributed by atoms with Gasteiger partial charge in [0.1, 0.15) is 11.3 Å². The molecule has 36 heavy (non-hydrogen) atoms. The lowest BCUT2D eigenvalue weighted by atomic mass is 9.96. The SMILES string of the molecule is O=C(NCC1CCN(c2ccncc2)CC1)c1cc(OCCc2ccc(Cl)cc2Cl)ccc1[N+](=O)[O-]. The van der Waals surface area contributed by atoms with Crippen LogP contribution in [0.3, 0.4) is 0 Å². The molecule has 10 heteroatoms. The van der Waals surface area contributed by atoms with Crippen LogP contribution in [0.5, 0.6) is 5.75 Å². The third-order valence-electron chi connectivity index (χ3n) is 6.26. The average molecular weight is 529 g/mol. The molecule has 1 aromatic heterocycles. The minimum absolute atomic E-state index is 0.0174. The summed E-state index contributed by atoms with van der Waals surface area (Å²) >= 11 is 12.1. The van der Waals surface area contributed by atoms with Gasteiger partial charge in [-0.05, 0) is 60.7 Å². The number of ether oxygens (including phenoxy) is 1. The fraction of sp³-hybridized carbons (Fsp3) is 0.308. The molecule has 4 rings (SSSR count). The van der Waals surface area contributed by atoms with E-state index in [0.29, 0.717) is 34.7 Å². The molecule has 3 aromatic rings. The van der Waals surface area contributed by atoms with Gasteiger partial charge in [-0.1, -0.05) is 29.3 Å². The Morgan fingerprint density at radius 2 is 1.86 bits per heavy atom. The Labute approximate surface area is 219 Å². The second-order valence-corrected chi connectivity index (χ2v) is 9.46. The number of pyridine rings is 1. The molecule has 0 saturated carbocycles. The summed E-state index contributed by atoms with van der Waals surface area (Å²) in [5, 5.41) is 15.5. The van der Waals surface area contributed by atoms with Crippen LogP contribution in [0.15, 0.2) is 60.9 Å². The molecule has 8 nitrogen and oxygen atoms in total. The third kappa shape index (κ3) is 6.65. The quantitative estimate of drug-likeness (QED) is 0.288. The number of halogens is 2. The first-order valence-corrected chi connectivity index (χ1v) is 12.4. The van der Waals surface area contributed by atoms with Gasteiger partial charge in [0, 0.05) is 60.2 Å². The number of hydrogen-bond acceptors (Lipinski definition) is 6. The van der Waals surface area contributed by atoms with E-state index in [4.69, 9.17) is 27.9 Å². The van der Waals surface area contributed by atoms with Gasteiger partial charge in [0.05, 0.1) is 11.5 Å². The molecule has 0 unspecified atom stereocenters. The molecule has 1 saturated heterocycles. The van der Waals surface area contributed by atoms with Crippen LogP contribution in [0, 0.1) is 16.0 Å². The van der Waals surface area contributed by atoms with Gasteiger partial charge in [0.2, 0.25) is 0 Å². The van der Waals surface area contributed by atoms with Gasteiger partial charge in [-0.25, -0.2) is 0 Å². The molecule has 0 radical (unpaired) electrons. The van der Waals surface area contributed by atoms with Gasteiger partial charge in [0.25, 0.3) is 11.6 Å². The van der Waals surface area contributed by atoms with E-state index in [1.165, 1.54) is 18.2 Å². The zero-order valence-corrected chi connectivity index (χ0v) is 21.0. The van der Waals surface area contributed by atoms with Gasteiger partial charge in [0.15, 0.2) is 0 Å². The predicted octanol–water partition coefficient (Wildman–Crippen LogP) is 5.56. The lowest BCUT2D eigenvalue weighted by molar-refractivity contribution is -0.385. The fourth-order valence-corrected chi connectivity index (χ4v) is 4.73. The van der Waals surface area contributed by atoms with Crippen molar-refractivity contribution < 1.29 is 14.5 Å². The van der Waals surface area contributed by atoms with Crippen LogP contribution in [-0.2, 0) is 6.42 Å². The zero-order chi connectivity index (χ0) is 25.5. The highest BCUT2D eigenvalue weighted by molar-refractivity contribution is 6.35. The Balaban J connectivity index is 1.33. The molecule has 1 aliphatic heterocycles. The molecule has 0 bridgehead atoms. The molecule has 1 fully saturated rings. The standard InChI is InChI=1S/C26H26Cl2N4O4/c27-20-2-1-19(24(28)15-20)9-14-36-22-3-4-25(32(34)35)23(16-22)26(33)30-17-18-7-12-31(13-8-18)21-5-10-29-11-6-21/h1-6,10-11,15-16,18H,7-9,12-14,17H2,(H,30,33). The fourth-order valence-electron chi connectivity index (χ4n) is 4.23. The number of anilines is 1. The first-order valence-electron chi connectivity index (χ1n) is 11.7. The van der Waals surface area contributed by atoms with Crippen molar-refractivity contribution in [1.82, 2.24) is 10.3 Å². The zero-order valence-electron chi connectivity index (χ0n) is 19.5. The van der Waals surface area contributed by atoms with Crippen molar-refractivity contribution in [1.29, 1.82) is 0 Å². The summed E-state index contributed by atoms with van der Waals surface area (Å²) in [5.41, 5.74) is 1.73. The number of carbonyl (C=O) groups is 1. The smallest absolute Gasteiger partial charge is 0.282 e. The second kappa shape index (κ2) is 12.1. The summed E-state index contributed by atoms with van der Waals surface area (Å²) in [6.07, 6.45) is 5.91. The topological polar surface area (TPSA) is 97.6 Å². The maximum absolute atomic E-state index is 12.9. The summed E-state index contributed by atoms with van der Waals surface area (Å²) in [6.45, 7) is 2.51. The Hall–Kier alpha value is -3.36. The average Bonchev–Trinajstić information content (AvgIpc) is 2.89. The van der Waals surface area contributed by atoms with Crippen molar-refractivity contribution in [3.63, 3.8) is 0 Å². The summed E-state index contributed by atoms with van der Waals surface area (Å²) in [5.74, 6) is 0.195. The monoisotopic (exact) mass is 528 g/mol. The van der Waals surface area contributed by atoms with E-state index >= 15 is 0 Å². The van der Waals surface area contributed by atoms with E-state index in [0.717, 1.165) is 37.2 Å². The van der Waals surface area contributed by atoms with E-state index in [2.05, 4.69) is 15.2 Å². The molecule has 0 spiro atoms. The Morgan fingerprint density at radius 3 is 2.56 bits per heavy atom. The third-order valence-corrected chi connectivity index (χ3v) is 6.85. The van der Waals surface area contributed by atoms with E-state index in [9.17, 15) is 14.9 Å². The van der Waals surface area contributed by atoms with Gasteiger partial charge in [-0.2, -0.15) is 0 Å². The van der Waals surface area contributed by atoms with E-state index in [-0.39, 0.29) is 17.9 Å². The number of piperidine rings is 1. The van der Waals surface area contributed by atoms with Crippen molar-refractivity contribution in [3.05, 3.63) is 92.2 Å². The van der Waals surface area contributed by atoms with Crippen LogP contribution in [0.4, 0.5) is 11.4 Å². The van der Waals surface area contributed by atoms with E-state index in [1.807, 2.05) is 18.2 Å². The predicted molar refractivity (Wildman–Crippen MR) is 140 cm³/mol. The van der Waals surface area contributed by atoms with Crippen LogP contribution in [0.1, 0.15) is 28.8 Å². The van der Waals surface area contributed by atoms with Crippen molar-refractivity contribution in [2.24, 2.45) is 5.92 Å². The molecule has 1 N–H and O–H groups in total. The number of nitro groups is 1. The number of carbonyl (C=O) groups excluding carboxylic acids is 1. The van der Waals surface area contributed by atoms with Crippen LogP contribution in [-0.4, -0.2) is 42.1 Å². The van der Waals surface area contributed by atoms with Gasteiger partial charge < -0.3 is 15.0 Å². The summed E-state index contributed by atoms with van der Waals surface area (Å²) in [4.78, 5) is 30.2. The van der Waals surface area contributed by atoms with Crippen molar-refractivity contribution in [3.8, 4) is 5.75 Å². The molecule has 2 heterocycles. The van der Waals surface area contributed by atoms with Crippen LogP contribution in [0.25, 0.3) is 0 Å². The molecular formula is C26H26Cl2N4O4. The number of nitrogens with zero attached hydrogens (tertiary/aromatic N) is 3. The maximum atomic E-state index is 12.9. The Bertz CT molecular complexity index is 1220. The summed E-state index contributed by atoms with van der Waals surface area (Å²) in [6, 6.07) is 13.4. The van der Waals surface area contributed by atoms with E-state index < -0.39 is 10.8 Å². The number of benzene rings is 2. The maximum Gasteiger partial charge on any atom is 0.282 e. The van der Waals surface area contributed by atoms with Crippen LogP contribution < -0.4 is 15.0 Å². The molecular weight excluding hydrogens is 503 g/mol. The van der Waals surface area contributed by atoms with Crippen LogP contribution >= 0.6 is 23.2 Å². The molecule has 2 aromatic carbocycles. The first kappa shape index (κ1) is 25.7. The minimum atomic E-state index is -0.556. The highest BCUT2D eigenvalue weighted by atomic mass is 35.5. The lowest BCUT2D eigenvalue weighted by Gasteiger charge is -2.33. The largest absolute Gasteiger partial charge is 0.493 e. The molecule has 0 aliphatic carbocycles. The number of rotatable bonds is 9. The summed E-state index contributed by atoms with van der Waals surface area (Å²) in [7, 11) is 0. The molecule has 1 aliphatic rings. The number of nitro benzene ring substituents is 1. The van der Waals surface area contributed by atoms with E-state index in [1.54, 1.807) is 24.5 Å². The number of amides is 1. The molecule has 188 valence electrons. The number of nitrogens with one attached hydrogen (secondary N) is 1. The minimum Gasteiger partial charge on any atom is -0.493 e. The number of hydrogen-bond donors (Lipinski definition) is 1. The van der Waals surface area contributed by atoms with Crippen molar-refractivity contribution in [2.75, 3.05) is 31.1 Å². The first-order chi connectivity index (χ1) is 17.4. The van der Waals surface area contributed by atoms with Gasteiger partial charge in [-0.3, -0.25) is 19.9 Å². The number of aromatic nitrogens is 1. The Morgan fingerprint density at radius 1 is 1.11 bits per heavy atom. The highest BCUT2D eigenvalue weighted by Crippen LogP contribution is 2.26. The highest BCUT2D eigenvalue weighted by Gasteiger charge is 2.24. The van der Waals surface area contributed by atoms with Gasteiger partial charge in [-0.15, -0.1) is 0 Å². The van der Waals surface area contributed by atoms with Crippen LogP contribution in [0.2, 0.25) is 10.0 Å². The van der Waals surface area contributed by atoms with Crippen molar-refractivity contribution in [2.45, 2.75) is 19.3 Å². The molecule has 0 atom stereocenters. The normalized spacial score (nSPS) is 13.9. The Kier molecular flexibility index (Phi) is 8.61. The molecule has 1 amide bonds. The summed E-state index contributed by atoms with van der Waals surface area (Å²) < 4.78 is 5.76.